The van der Waals surface area contributed by atoms with Crippen LogP contribution in [-0.2, 0) is 19.9 Å². The molecule has 0 atom stereocenters. The second kappa shape index (κ2) is 8.58. The van der Waals surface area contributed by atoms with E-state index in [1.165, 1.54) is 76.5 Å². The molecule has 0 unspecified atom stereocenters. The first kappa shape index (κ1) is 26.1. The number of aryl methyl sites for hydroxylation is 2. The molecular formula is C38H41N2O+. The molecule has 3 heterocycles. The van der Waals surface area contributed by atoms with Crippen molar-refractivity contribution in [3.63, 3.8) is 0 Å². The molecule has 3 nitrogen and oxygen atoms in total. The van der Waals surface area contributed by atoms with E-state index in [4.69, 9.17) is 4.74 Å². The van der Waals surface area contributed by atoms with Crippen molar-refractivity contribution in [3.8, 4) is 5.75 Å². The van der Waals surface area contributed by atoms with E-state index >= 15 is 0 Å². The Morgan fingerprint density at radius 2 is 1.49 bits per heavy atom. The molecule has 0 saturated carbocycles. The summed E-state index contributed by atoms with van der Waals surface area (Å²) in [5.74, 6) is 0.937. The zero-order chi connectivity index (χ0) is 29.0. The highest BCUT2D eigenvalue weighted by Gasteiger charge is 2.30. The molecule has 0 fully saturated rings. The molecule has 208 valence electrons. The Labute approximate surface area is 242 Å². The van der Waals surface area contributed by atoms with Crippen LogP contribution in [0, 0.1) is 17.8 Å². The standard InChI is InChI=1S/C38H41N2O/c1-22-27-18-23(20-37(2,3)4)14-15-25(27)28(21-38(5,6)7)34-31(22)35-32-24(16-17-39(35)8)19-30(41-9)33-26-12-10-11-13-29(26)40(34)36(32)33/h10-19H,20-21H2,1-9H3/q+1. The molecule has 3 aromatic heterocycles. The molecular weight excluding hydrogens is 500 g/mol. The van der Waals surface area contributed by atoms with Crippen LogP contribution in [0.1, 0.15) is 58.2 Å². The van der Waals surface area contributed by atoms with Gasteiger partial charge in [-0.25, -0.2) is 4.57 Å². The van der Waals surface area contributed by atoms with Crippen molar-refractivity contribution in [2.45, 2.75) is 61.3 Å². The molecule has 0 spiro atoms. The fraction of sp³-hybridized carbons (Fsp3) is 0.342. The summed E-state index contributed by atoms with van der Waals surface area (Å²) in [6.45, 7) is 16.4. The van der Waals surface area contributed by atoms with Gasteiger partial charge >= 0.3 is 0 Å². The average molecular weight is 542 g/mol. The molecule has 7 rings (SSSR count). The molecule has 0 aliphatic carbocycles. The lowest BCUT2D eigenvalue weighted by Gasteiger charge is -2.25. The Morgan fingerprint density at radius 3 is 2.20 bits per heavy atom. The van der Waals surface area contributed by atoms with Gasteiger partial charge in [0.15, 0.2) is 6.20 Å². The third kappa shape index (κ3) is 3.81. The first-order valence-corrected chi connectivity index (χ1v) is 14.9. The van der Waals surface area contributed by atoms with Crippen molar-refractivity contribution >= 4 is 59.8 Å². The van der Waals surface area contributed by atoms with Crippen LogP contribution in [0.5, 0.6) is 5.75 Å². The van der Waals surface area contributed by atoms with E-state index in [0.29, 0.717) is 0 Å². The smallest absolute Gasteiger partial charge is 0.224 e. The van der Waals surface area contributed by atoms with Crippen LogP contribution >= 0.6 is 0 Å². The largest absolute Gasteiger partial charge is 0.496 e. The summed E-state index contributed by atoms with van der Waals surface area (Å²) in [5, 5.41) is 9.09. The van der Waals surface area contributed by atoms with Crippen LogP contribution in [0.4, 0.5) is 0 Å². The minimum absolute atomic E-state index is 0.116. The Balaban J connectivity index is 1.84. The van der Waals surface area contributed by atoms with Crippen LogP contribution in [0.15, 0.2) is 60.8 Å². The number of hydrogen-bond donors (Lipinski definition) is 0. The van der Waals surface area contributed by atoms with E-state index in [1.54, 1.807) is 7.11 Å². The van der Waals surface area contributed by atoms with Crippen molar-refractivity contribution < 1.29 is 9.30 Å². The number of nitrogens with zero attached hydrogens (tertiary/aromatic N) is 2. The van der Waals surface area contributed by atoms with Gasteiger partial charge in [0.25, 0.3) is 0 Å². The number of ether oxygens (including phenoxy) is 1. The summed E-state index contributed by atoms with van der Waals surface area (Å²) in [6, 6.07) is 20.6. The van der Waals surface area contributed by atoms with Gasteiger partial charge in [0.2, 0.25) is 5.52 Å². The van der Waals surface area contributed by atoms with Gasteiger partial charge in [0.05, 0.1) is 39.8 Å². The quantitative estimate of drug-likeness (QED) is 0.124. The van der Waals surface area contributed by atoms with Crippen molar-refractivity contribution in [1.29, 1.82) is 0 Å². The Morgan fingerprint density at radius 1 is 0.756 bits per heavy atom. The second-order valence-corrected chi connectivity index (χ2v) is 14.6. The molecule has 41 heavy (non-hydrogen) atoms. The summed E-state index contributed by atoms with van der Waals surface area (Å²) < 4.78 is 11.0. The third-order valence-electron chi connectivity index (χ3n) is 8.83. The van der Waals surface area contributed by atoms with Crippen LogP contribution < -0.4 is 9.30 Å². The molecule has 0 aliphatic rings. The first-order chi connectivity index (χ1) is 19.4. The van der Waals surface area contributed by atoms with Crippen LogP contribution in [0.25, 0.3) is 59.8 Å². The maximum atomic E-state index is 6.08. The number of benzene rings is 4. The number of para-hydroxylation sites is 1. The molecule has 4 aromatic carbocycles. The highest BCUT2D eigenvalue weighted by atomic mass is 16.5. The Kier molecular flexibility index (Phi) is 5.46. The summed E-state index contributed by atoms with van der Waals surface area (Å²) in [4.78, 5) is 0. The molecule has 0 aliphatic heterocycles. The molecule has 7 aromatic rings. The van der Waals surface area contributed by atoms with E-state index in [0.717, 1.165) is 18.6 Å². The van der Waals surface area contributed by atoms with Crippen molar-refractivity contribution in [2.75, 3.05) is 7.11 Å². The topological polar surface area (TPSA) is 17.5 Å². The van der Waals surface area contributed by atoms with E-state index < -0.39 is 0 Å². The van der Waals surface area contributed by atoms with E-state index in [1.807, 2.05) is 0 Å². The van der Waals surface area contributed by atoms with Gasteiger partial charge in [0.1, 0.15) is 12.8 Å². The van der Waals surface area contributed by atoms with Gasteiger partial charge in [-0.05, 0) is 70.2 Å². The van der Waals surface area contributed by atoms with E-state index in [-0.39, 0.29) is 10.8 Å². The zero-order valence-electron chi connectivity index (χ0n) is 26.0. The molecule has 0 amide bonds. The zero-order valence-corrected chi connectivity index (χ0v) is 26.0. The number of hydrogen-bond acceptors (Lipinski definition) is 1. The predicted molar refractivity (Wildman–Crippen MR) is 175 cm³/mol. The minimum Gasteiger partial charge on any atom is -0.496 e. The van der Waals surface area contributed by atoms with Gasteiger partial charge in [-0.3, -0.25) is 0 Å². The van der Waals surface area contributed by atoms with Crippen LogP contribution in [0.3, 0.4) is 0 Å². The van der Waals surface area contributed by atoms with Crippen LogP contribution in [-0.4, -0.2) is 11.5 Å². The van der Waals surface area contributed by atoms with Crippen molar-refractivity contribution in [1.82, 2.24) is 4.40 Å². The number of rotatable bonds is 3. The fourth-order valence-corrected chi connectivity index (χ4v) is 7.39. The highest BCUT2D eigenvalue weighted by molar-refractivity contribution is 6.30. The molecule has 3 heteroatoms. The molecule has 0 saturated heterocycles. The average Bonchev–Trinajstić information content (AvgIpc) is 3.25. The molecule has 0 bridgehead atoms. The minimum atomic E-state index is 0.116. The van der Waals surface area contributed by atoms with Crippen molar-refractivity contribution in [3.05, 3.63) is 77.5 Å². The number of methoxy groups -OCH3 is 1. The van der Waals surface area contributed by atoms with Gasteiger partial charge in [-0.2, -0.15) is 0 Å². The number of aromatic nitrogens is 2. The number of fused-ring (bicyclic) bond motifs is 7. The van der Waals surface area contributed by atoms with Gasteiger partial charge in [0, 0.05) is 16.8 Å². The first-order valence-electron chi connectivity index (χ1n) is 14.9. The Bertz CT molecular complexity index is 2170. The van der Waals surface area contributed by atoms with Crippen LogP contribution in [0.2, 0.25) is 0 Å². The molecule has 0 N–H and O–H groups in total. The van der Waals surface area contributed by atoms with E-state index in [2.05, 4.69) is 125 Å². The van der Waals surface area contributed by atoms with Gasteiger partial charge in [-0.1, -0.05) is 77.9 Å². The summed E-state index contributed by atoms with van der Waals surface area (Å²) in [6.07, 6.45) is 4.26. The normalized spacial score (nSPS) is 13.2. The Hall–Kier alpha value is -3.85. The predicted octanol–water partition coefficient (Wildman–Crippen LogP) is 9.46. The van der Waals surface area contributed by atoms with Gasteiger partial charge in [-0.15, -0.1) is 0 Å². The lowest BCUT2D eigenvalue weighted by molar-refractivity contribution is -0.643. The lowest BCUT2D eigenvalue weighted by Crippen LogP contribution is -2.29. The number of pyridine rings is 2. The summed E-state index contributed by atoms with van der Waals surface area (Å²) >= 11 is 0. The second-order valence-electron chi connectivity index (χ2n) is 14.6. The SMILES string of the molecule is COc1cc2cc[n+](C)c3c4c(C)c5cc(CC(C)(C)C)ccc5c(CC(C)(C)C)c4n4c5ccccc5c1c4c23. The van der Waals surface area contributed by atoms with E-state index in [9.17, 15) is 0 Å². The molecule has 0 radical (unpaired) electrons. The van der Waals surface area contributed by atoms with Crippen molar-refractivity contribution in [2.24, 2.45) is 17.9 Å². The monoisotopic (exact) mass is 541 g/mol. The lowest BCUT2D eigenvalue weighted by atomic mass is 9.81. The summed E-state index contributed by atoms with van der Waals surface area (Å²) in [5.41, 5.74) is 9.69. The maximum absolute atomic E-state index is 6.08. The van der Waals surface area contributed by atoms with Gasteiger partial charge < -0.3 is 9.14 Å². The highest BCUT2D eigenvalue weighted by Crippen LogP contribution is 2.47. The third-order valence-corrected chi connectivity index (χ3v) is 8.83. The fourth-order valence-electron chi connectivity index (χ4n) is 7.39. The maximum Gasteiger partial charge on any atom is 0.224 e. The summed E-state index contributed by atoms with van der Waals surface area (Å²) in [7, 11) is 4.00.